The van der Waals surface area contributed by atoms with E-state index in [9.17, 15) is 0 Å². The Balaban J connectivity index is 0.960. The molecule has 0 aliphatic carbocycles. The number of benzene rings is 9. The van der Waals surface area contributed by atoms with Crippen LogP contribution in [0.4, 0.5) is 0 Å². The maximum atomic E-state index is 5.38. The molecule has 0 N–H and O–H groups in total. The highest BCUT2D eigenvalue weighted by Crippen LogP contribution is 2.43. The maximum Gasteiger partial charge on any atom is 0.160 e. The molecule has 0 bridgehead atoms. The number of hydrogen-bond acceptors (Lipinski definition) is 3. The van der Waals surface area contributed by atoms with Gasteiger partial charge in [0.15, 0.2) is 5.82 Å². The topological polar surface area (TPSA) is 43.6 Å². The minimum Gasteiger partial charge on any atom is -0.309 e. The normalized spacial score (nSPS) is 11.5. The fraction of sp³-hybridized carbons (Fsp3) is 0. The molecule has 3 aromatic heterocycles. The van der Waals surface area contributed by atoms with E-state index in [2.05, 4.69) is 211 Å². The van der Waals surface area contributed by atoms with Crippen molar-refractivity contribution in [2.45, 2.75) is 0 Å². The van der Waals surface area contributed by atoms with Crippen LogP contribution in [0.15, 0.2) is 231 Å². The van der Waals surface area contributed by atoms with Crippen LogP contribution in [0.3, 0.4) is 0 Å². The summed E-state index contributed by atoms with van der Waals surface area (Å²) in [4.78, 5) is 15.6. The largest absolute Gasteiger partial charge is 0.309 e. The van der Waals surface area contributed by atoms with Gasteiger partial charge in [-0.15, -0.1) is 0 Å². The fourth-order valence-corrected chi connectivity index (χ4v) is 9.20. The quantitative estimate of drug-likeness (QED) is 0.151. The molecule has 0 aliphatic rings. The molecule has 4 nitrogen and oxygen atoms in total. The first-order valence-electron chi connectivity index (χ1n) is 21.4. The Labute approximate surface area is 365 Å². The second-order valence-corrected chi connectivity index (χ2v) is 16.0. The first kappa shape index (κ1) is 36.4. The van der Waals surface area contributed by atoms with Crippen LogP contribution in [-0.4, -0.2) is 19.5 Å². The van der Waals surface area contributed by atoms with E-state index in [1.54, 1.807) is 0 Å². The van der Waals surface area contributed by atoms with Gasteiger partial charge < -0.3 is 4.57 Å². The molecule has 0 radical (unpaired) electrons. The predicted octanol–water partition coefficient (Wildman–Crippen LogP) is 15.3. The predicted molar refractivity (Wildman–Crippen MR) is 262 cm³/mol. The summed E-state index contributed by atoms with van der Waals surface area (Å²) in [6.07, 6.45) is 0. The van der Waals surface area contributed by atoms with Gasteiger partial charge in [-0.1, -0.05) is 182 Å². The van der Waals surface area contributed by atoms with Crippen LogP contribution >= 0.6 is 0 Å². The van der Waals surface area contributed by atoms with Gasteiger partial charge in [0.2, 0.25) is 0 Å². The van der Waals surface area contributed by atoms with E-state index in [0.717, 1.165) is 78.0 Å². The summed E-state index contributed by atoms with van der Waals surface area (Å²) in [6.45, 7) is 0. The van der Waals surface area contributed by atoms with Crippen molar-refractivity contribution in [1.82, 2.24) is 19.5 Å². The summed E-state index contributed by atoms with van der Waals surface area (Å²) in [5.41, 5.74) is 15.9. The molecule has 9 aromatic carbocycles. The Kier molecular flexibility index (Phi) is 8.79. The first-order valence-corrected chi connectivity index (χ1v) is 21.4. The number of nitrogens with zero attached hydrogens (tertiary/aromatic N) is 4. The molecule has 0 aliphatic heterocycles. The van der Waals surface area contributed by atoms with Crippen LogP contribution in [0, 0.1) is 0 Å². The Bertz CT molecular complexity index is 3650. The summed E-state index contributed by atoms with van der Waals surface area (Å²) in [5.74, 6) is 0.696. The molecule has 12 rings (SSSR count). The zero-order valence-corrected chi connectivity index (χ0v) is 34.2. The van der Waals surface area contributed by atoms with Gasteiger partial charge in [0.05, 0.1) is 33.6 Å². The van der Waals surface area contributed by atoms with Gasteiger partial charge in [-0.2, -0.15) is 0 Å². The fourth-order valence-electron chi connectivity index (χ4n) is 9.20. The van der Waals surface area contributed by atoms with E-state index >= 15 is 0 Å². The molecular formula is C59H38N4. The average Bonchev–Trinajstić information content (AvgIpc) is 3.71. The molecule has 12 aromatic rings. The van der Waals surface area contributed by atoms with Gasteiger partial charge in [-0.25, -0.2) is 15.0 Å². The molecule has 0 spiro atoms. The van der Waals surface area contributed by atoms with Crippen LogP contribution in [0.25, 0.3) is 117 Å². The zero-order chi connectivity index (χ0) is 41.7. The highest BCUT2D eigenvalue weighted by Gasteiger charge is 2.20. The van der Waals surface area contributed by atoms with E-state index in [0.29, 0.717) is 5.82 Å². The third kappa shape index (κ3) is 6.44. The Morgan fingerprint density at radius 3 is 1.57 bits per heavy atom. The maximum absolute atomic E-state index is 5.38. The Morgan fingerprint density at radius 2 is 0.825 bits per heavy atom. The van der Waals surface area contributed by atoms with E-state index in [-0.39, 0.29) is 0 Å². The van der Waals surface area contributed by atoms with E-state index < -0.39 is 0 Å². The molecule has 0 fully saturated rings. The SMILES string of the molecule is c1ccc(-c2cccc(-c3cc(-c4ccc(-c5cccc(-c6nc7ccccc7c7c6ccc6c7c7ccccc7n6-c6ccccc6)c5)cc4)nc(-c4ccccc4)n3)c2)cc1. The third-order valence-electron chi connectivity index (χ3n) is 12.2. The summed E-state index contributed by atoms with van der Waals surface area (Å²) in [5, 5.41) is 5.97. The molecule has 0 saturated carbocycles. The second kappa shape index (κ2) is 15.2. The lowest BCUT2D eigenvalue weighted by Gasteiger charge is -2.14. The average molecular weight is 803 g/mol. The molecule has 0 atom stereocenters. The van der Waals surface area contributed by atoms with Crippen molar-refractivity contribution in [2.75, 3.05) is 0 Å². The molecule has 4 heteroatoms. The molecule has 294 valence electrons. The van der Waals surface area contributed by atoms with Crippen LogP contribution in [-0.2, 0) is 0 Å². The third-order valence-corrected chi connectivity index (χ3v) is 12.2. The zero-order valence-electron chi connectivity index (χ0n) is 34.2. The molecule has 63 heavy (non-hydrogen) atoms. The second-order valence-electron chi connectivity index (χ2n) is 16.0. The number of pyridine rings is 1. The van der Waals surface area contributed by atoms with Crippen molar-refractivity contribution in [2.24, 2.45) is 0 Å². The summed E-state index contributed by atoms with van der Waals surface area (Å²) in [6, 6.07) is 81.4. The Hall–Kier alpha value is -8.47. The molecule has 0 unspecified atom stereocenters. The number of rotatable bonds is 7. The van der Waals surface area contributed by atoms with Crippen LogP contribution in [0.5, 0.6) is 0 Å². The van der Waals surface area contributed by atoms with Crippen LogP contribution < -0.4 is 0 Å². The highest BCUT2D eigenvalue weighted by molar-refractivity contribution is 6.29. The number of hydrogen-bond donors (Lipinski definition) is 0. The van der Waals surface area contributed by atoms with Gasteiger partial charge in [0.1, 0.15) is 0 Å². The first-order chi connectivity index (χ1) is 31.2. The lowest BCUT2D eigenvalue weighted by Crippen LogP contribution is -1.96. The van der Waals surface area contributed by atoms with Gasteiger partial charge in [0, 0.05) is 54.9 Å². The molecule has 0 amide bonds. The Morgan fingerprint density at radius 1 is 0.286 bits per heavy atom. The van der Waals surface area contributed by atoms with Gasteiger partial charge in [0.25, 0.3) is 0 Å². The minimum atomic E-state index is 0.696. The lowest BCUT2D eigenvalue weighted by molar-refractivity contribution is 1.18. The van der Waals surface area contributed by atoms with E-state index in [4.69, 9.17) is 15.0 Å². The molecular weight excluding hydrogens is 765 g/mol. The summed E-state index contributed by atoms with van der Waals surface area (Å²) >= 11 is 0. The van der Waals surface area contributed by atoms with Crippen molar-refractivity contribution in [3.63, 3.8) is 0 Å². The van der Waals surface area contributed by atoms with E-state index in [1.807, 2.05) is 24.3 Å². The van der Waals surface area contributed by atoms with Crippen molar-refractivity contribution >= 4 is 43.5 Å². The highest BCUT2D eigenvalue weighted by atomic mass is 15.0. The van der Waals surface area contributed by atoms with Crippen molar-refractivity contribution in [1.29, 1.82) is 0 Å². The minimum absolute atomic E-state index is 0.696. The van der Waals surface area contributed by atoms with Crippen molar-refractivity contribution < 1.29 is 0 Å². The monoisotopic (exact) mass is 802 g/mol. The van der Waals surface area contributed by atoms with Crippen LogP contribution in [0.1, 0.15) is 0 Å². The van der Waals surface area contributed by atoms with Crippen molar-refractivity contribution in [3.8, 4) is 73.1 Å². The van der Waals surface area contributed by atoms with E-state index in [1.165, 1.54) is 32.8 Å². The standard InChI is InChI=1S/C59H38N4/c1-4-16-39(17-5-1)43-20-14-22-45(36-43)53-38-52(61-59(62-53)42-18-6-2-7-19-42)41-32-30-40(31-33-41)44-21-15-23-46(37-44)58-50-34-35-55-57(56(50)48-26-10-12-28-51(48)60-58)49-27-11-13-29-54(49)63(55)47-24-8-3-9-25-47/h1-38H. The summed E-state index contributed by atoms with van der Waals surface area (Å²) in [7, 11) is 0. The number of aromatic nitrogens is 4. The number of para-hydroxylation sites is 3. The summed E-state index contributed by atoms with van der Waals surface area (Å²) < 4.78 is 2.39. The van der Waals surface area contributed by atoms with Gasteiger partial charge in [-0.3, -0.25) is 0 Å². The van der Waals surface area contributed by atoms with Gasteiger partial charge >= 0.3 is 0 Å². The smallest absolute Gasteiger partial charge is 0.160 e. The van der Waals surface area contributed by atoms with Crippen molar-refractivity contribution in [3.05, 3.63) is 231 Å². The van der Waals surface area contributed by atoms with Crippen LogP contribution in [0.2, 0.25) is 0 Å². The van der Waals surface area contributed by atoms with Gasteiger partial charge in [-0.05, 0) is 70.8 Å². The molecule has 0 saturated heterocycles. The lowest BCUT2D eigenvalue weighted by atomic mass is 9.94. The molecule has 3 heterocycles. The number of fused-ring (bicyclic) bond motifs is 7.